The maximum absolute atomic E-state index is 10.8. The molecule has 2 heterocycles. The molecule has 0 atom stereocenters. The van der Waals surface area contributed by atoms with E-state index < -0.39 is 0 Å². The Morgan fingerprint density at radius 2 is 2.25 bits per heavy atom. The van der Waals surface area contributed by atoms with Crippen molar-refractivity contribution in [2.75, 3.05) is 5.32 Å². The Labute approximate surface area is 96.5 Å². The van der Waals surface area contributed by atoms with Crippen LogP contribution in [0.3, 0.4) is 0 Å². The molecular formula is C10H11N3O2S. The van der Waals surface area contributed by atoms with E-state index in [4.69, 9.17) is 0 Å². The van der Waals surface area contributed by atoms with Crippen LogP contribution in [-0.2, 0) is 4.79 Å². The molecule has 2 aromatic rings. The van der Waals surface area contributed by atoms with E-state index in [-0.39, 0.29) is 11.4 Å². The number of hydrogen-bond donors (Lipinski definition) is 1. The van der Waals surface area contributed by atoms with Gasteiger partial charge in [0, 0.05) is 18.5 Å². The molecule has 0 bridgehead atoms. The van der Waals surface area contributed by atoms with Crippen molar-refractivity contribution in [3.63, 3.8) is 0 Å². The van der Waals surface area contributed by atoms with Crippen molar-refractivity contribution < 1.29 is 10.3 Å². The number of nitrogens with zero attached hydrogens (tertiary/aromatic N) is 2. The zero-order valence-corrected chi connectivity index (χ0v) is 9.41. The summed E-state index contributed by atoms with van der Waals surface area (Å²) in [4.78, 5) is 19.2. The molecule has 0 saturated heterocycles. The number of rotatable bonds is 2. The summed E-state index contributed by atoms with van der Waals surface area (Å²) in [6.07, 6.45) is 1.72. The lowest BCUT2D eigenvalue weighted by Gasteiger charge is -1.94. The van der Waals surface area contributed by atoms with Gasteiger partial charge in [-0.15, -0.1) is 11.3 Å². The number of thiazole rings is 1. The number of pyridine rings is 1. The Hall–Kier alpha value is -1.79. The van der Waals surface area contributed by atoms with Gasteiger partial charge in [-0.1, -0.05) is 6.07 Å². The van der Waals surface area contributed by atoms with Crippen LogP contribution in [-0.4, -0.2) is 21.4 Å². The molecule has 0 aromatic carbocycles. The van der Waals surface area contributed by atoms with Gasteiger partial charge in [0.15, 0.2) is 0 Å². The van der Waals surface area contributed by atoms with E-state index in [9.17, 15) is 4.79 Å². The maximum Gasteiger partial charge on any atom is 0.222 e. The fourth-order valence-electron chi connectivity index (χ4n) is 1.12. The lowest BCUT2D eigenvalue weighted by Crippen LogP contribution is -2.05. The standard InChI is InChI=1S/C10H9N3OS.H2O/c1-7(14)12-9-6-15-10(13-9)8-4-2-3-5-11-8;/h2-6H,1H3,(H,12,14);1H2. The monoisotopic (exact) mass is 237 g/mol. The first-order valence-electron chi connectivity index (χ1n) is 4.40. The van der Waals surface area contributed by atoms with Crippen LogP contribution in [0.4, 0.5) is 5.82 Å². The molecule has 16 heavy (non-hydrogen) atoms. The molecule has 2 aromatic heterocycles. The van der Waals surface area contributed by atoms with Crippen LogP contribution in [0.2, 0.25) is 0 Å². The molecule has 5 nitrogen and oxygen atoms in total. The van der Waals surface area contributed by atoms with Gasteiger partial charge in [0.25, 0.3) is 0 Å². The number of amides is 1. The molecule has 0 spiro atoms. The molecule has 84 valence electrons. The third-order valence-electron chi connectivity index (χ3n) is 1.69. The van der Waals surface area contributed by atoms with Crippen LogP contribution in [0.1, 0.15) is 6.92 Å². The van der Waals surface area contributed by atoms with E-state index in [1.807, 2.05) is 18.2 Å². The summed E-state index contributed by atoms with van der Waals surface area (Å²) in [6, 6.07) is 5.64. The van der Waals surface area contributed by atoms with Crippen molar-refractivity contribution in [1.29, 1.82) is 0 Å². The summed E-state index contributed by atoms with van der Waals surface area (Å²) in [5, 5.41) is 5.23. The minimum absolute atomic E-state index is 0. The van der Waals surface area contributed by atoms with Crippen molar-refractivity contribution in [2.45, 2.75) is 6.92 Å². The average Bonchev–Trinajstić information content (AvgIpc) is 2.67. The van der Waals surface area contributed by atoms with Gasteiger partial charge in [-0.3, -0.25) is 9.78 Å². The van der Waals surface area contributed by atoms with Gasteiger partial charge in [-0.2, -0.15) is 0 Å². The summed E-state index contributed by atoms with van der Waals surface area (Å²) in [6.45, 7) is 1.46. The molecule has 0 fully saturated rings. The second kappa shape index (κ2) is 5.34. The highest BCUT2D eigenvalue weighted by Crippen LogP contribution is 2.23. The fraction of sp³-hybridized carbons (Fsp3) is 0.100. The number of nitrogens with one attached hydrogen (secondary N) is 1. The Balaban J connectivity index is 0.00000128. The minimum Gasteiger partial charge on any atom is -0.412 e. The van der Waals surface area contributed by atoms with Crippen LogP contribution in [0.25, 0.3) is 10.7 Å². The van der Waals surface area contributed by atoms with E-state index in [0.29, 0.717) is 5.82 Å². The Morgan fingerprint density at radius 3 is 2.88 bits per heavy atom. The SMILES string of the molecule is CC(=O)Nc1csc(-c2ccccn2)n1.O. The van der Waals surface area contributed by atoms with Crippen LogP contribution in [0.5, 0.6) is 0 Å². The van der Waals surface area contributed by atoms with Crippen LogP contribution >= 0.6 is 11.3 Å². The minimum atomic E-state index is -0.118. The zero-order chi connectivity index (χ0) is 10.7. The first kappa shape index (κ1) is 12.3. The van der Waals surface area contributed by atoms with Crippen LogP contribution in [0, 0.1) is 0 Å². The number of aromatic nitrogens is 2. The lowest BCUT2D eigenvalue weighted by molar-refractivity contribution is -0.114. The van der Waals surface area contributed by atoms with Gasteiger partial charge in [0.05, 0.1) is 5.69 Å². The fourth-order valence-corrected chi connectivity index (χ4v) is 1.85. The summed E-state index contributed by atoms with van der Waals surface area (Å²) >= 11 is 1.46. The predicted molar refractivity (Wildman–Crippen MR) is 63.3 cm³/mol. The van der Waals surface area contributed by atoms with E-state index >= 15 is 0 Å². The smallest absolute Gasteiger partial charge is 0.222 e. The van der Waals surface area contributed by atoms with Crippen LogP contribution < -0.4 is 5.32 Å². The molecule has 2 rings (SSSR count). The summed E-state index contributed by atoms with van der Waals surface area (Å²) in [5.74, 6) is 0.459. The average molecular weight is 237 g/mol. The molecule has 0 radical (unpaired) electrons. The maximum atomic E-state index is 10.8. The summed E-state index contributed by atoms with van der Waals surface area (Å²) in [7, 11) is 0. The molecule has 0 aliphatic rings. The Morgan fingerprint density at radius 1 is 1.44 bits per heavy atom. The number of hydrogen-bond acceptors (Lipinski definition) is 4. The zero-order valence-electron chi connectivity index (χ0n) is 8.60. The van der Waals surface area contributed by atoms with Gasteiger partial charge in [0.2, 0.25) is 5.91 Å². The van der Waals surface area contributed by atoms with E-state index in [0.717, 1.165) is 10.7 Å². The van der Waals surface area contributed by atoms with E-state index in [2.05, 4.69) is 15.3 Å². The molecule has 1 amide bonds. The first-order chi connectivity index (χ1) is 7.25. The third kappa shape index (κ3) is 2.85. The Kier molecular flexibility index (Phi) is 4.10. The molecule has 3 N–H and O–H groups in total. The number of carbonyl (C=O) groups excluding carboxylic acids is 1. The lowest BCUT2D eigenvalue weighted by atomic mass is 10.4. The van der Waals surface area contributed by atoms with Crippen molar-refractivity contribution in [3.8, 4) is 10.7 Å². The van der Waals surface area contributed by atoms with Crippen molar-refractivity contribution >= 4 is 23.1 Å². The van der Waals surface area contributed by atoms with E-state index in [1.165, 1.54) is 18.3 Å². The van der Waals surface area contributed by atoms with Crippen LogP contribution in [0.15, 0.2) is 29.8 Å². The Bertz CT molecular complexity index is 470. The molecule has 0 aliphatic carbocycles. The molecule has 0 unspecified atom stereocenters. The van der Waals surface area contributed by atoms with Gasteiger partial charge in [0.1, 0.15) is 10.8 Å². The summed E-state index contributed by atoms with van der Waals surface area (Å²) in [5.41, 5.74) is 0.819. The van der Waals surface area contributed by atoms with E-state index in [1.54, 1.807) is 11.6 Å². The van der Waals surface area contributed by atoms with Gasteiger partial charge < -0.3 is 10.8 Å². The van der Waals surface area contributed by atoms with Crippen molar-refractivity contribution in [2.24, 2.45) is 0 Å². The van der Waals surface area contributed by atoms with Crippen molar-refractivity contribution in [1.82, 2.24) is 9.97 Å². The highest BCUT2D eigenvalue weighted by molar-refractivity contribution is 7.13. The molecular weight excluding hydrogens is 226 g/mol. The largest absolute Gasteiger partial charge is 0.412 e. The molecule has 0 aliphatic heterocycles. The second-order valence-electron chi connectivity index (χ2n) is 2.93. The third-order valence-corrected chi connectivity index (χ3v) is 2.56. The second-order valence-corrected chi connectivity index (χ2v) is 3.79. The first-order valence-corrected chi connectivity index (χ1v) is 5.28. The van der Waals surface area contributed by atoms with Gasteiger partial charge in [-0.05, 0) is 12.1 Å². The van der Waals surface area contributed by atoms with Gasteiger partial charge >= 0.3 is 0 Å². The quantitative estimate of drug-likeness (QED) is 0.855. The molecule has 6 heteroatoms. The highest BCUT2D eigenvalue weighted by Gasteiger charge is 2.05. The normalized spacial score (nSPS) is 9.31. The highest BCUT2D eigenvalue weighted by atomic mass is 32.1. The number of anilines is 1. The molecule has 0 saturated carbocycles. The topological polar surface area (TPSA) is 86.4 Å². The predicted octanol–water partition coefficient (Wildman–Crippen LogP) is 1.34. The summed E-state index contributed by atoms with van der Waals surface area (Å²) < 4.78 is 0. The van der Waals surface area contributed by atoms with Gasteiger partial charge in [-0.25, -0.2) is 4.98 Å². The number of carbonyl (C=O) groups is 1. The van der Waals surface area contributed by atoms with Crippen molar-refractivity contribution in [3.05, 3.63) is 29.8 Å².